The van der Waals surface area contributed by atoms with E-state index < -0.39 is 25.9 Å². The van der Waals surface area contributed by atoms with Gasteiger partial charge in [0, 0.05) is 5.02 Å². The standard InChI is InChI=1S/C19H16ClFN2O4S2/c1-13-5-8-17(22-28(24,25)18-9-6-15(21)7-10-18)12-19(13)29(26,27)23-16-4-2-3-14(20)11-16/h2-12,22-23H,1H3. The lowest BCUT2D eigenvalue weighted by molar-refractivity contribution is 0.597. The van der Waals surface area contributed by atoms with E-state index in [4.69, 9.17) is 11.6 Å². The second kappa shape index (κ2) is 8.02. The summed E-state index contributed by atoms with van der Waals surface area (Å²) in [4.78, 5) is -0.252. The Balaban J connectivity index is 1.92. The fraction of sp³-hybridized carbons (Fsp3) is 0.0526. The molecule has 10 heteroatoms. The van der Waals surface area contributed by atoms with Gasteiger partial charge >= 0.3 is 0 Å². The normalized spacial score (nSPS) is 11.8. The summed E-state index contributed by atoms with van der Waals surface area (Å²) in [6, 6.07) is 14.6. The molecule has 0 aliphatic carbocycles. The smallest absolute Gasteiger partial charge is 0.262 e. The predicted octanol–water partition coefficient (Wildman–Crippen LogP) is 4.39. The summed E-state index contributed by atoms with van der Waals surface area (Å²) in [5, 5.41) is 0.364. The first-order valence-electron chi connectivity index (χ1n) is 8.24. The van der Waals surface area contributed by atoms with Gasteiger partial charge in [-0.3, -0.25) is 9.44 Å². The van der Waals surface area contributed by atoms with E-state index in [1.165, 1.54) is 24.3 Å². The summed E-state index contributed by atoms with van der Waals surface area (Å²) < 4.78 is 68.3. The molecule has 3 aromatic carbocycles. The highest BCUT2D eigenvalue weighted by molar-refractivity contribution is 7.93. The Labute approximate surface area is 173 Å². The van der Waals surface area contributed by atoms with Crippen LogP contribution in [0.1, 0.15) is 5.56 Å². The second-order valence-electron chi connectivity index (χ2n) is 6.16. The topological polar surface area (TPSA) is 92.3 Å². The minimum Gasteiger partial charge on any atom is -0.280 e. The molecule has 0 atom stereocenters. The predicted molar refractivity (Wildman–Crippen MR) is 111 cm³/mol. The summed E-state index contributed by atoms with van der Waals surface area (Å²) in [6.07, 6.45) is 0. The molecular weight excluding hydrogens is 439 g/mol. The van der Waals surface area contributed by atoms with Crippen molar-refractivity contribution < 1.29 is 21.2 Å². The van der Waals surface area contributed by atoms with Crippen molar-refractivity contribution in [2.24, 2.45) is 0 Å². The number of nitrogens with one attached hydrogen (secondary N) is 2. The fourth-order valence-corrected chi connectivity index (χ4v) is 5.10. The number of aryl methyl sites for hydroxylation is 1. The third-order valence-electron chi connectivity index (χ3n) is 3.93. The number of halogens is 2. The zero-order valence-corrected chi connectivity index (χ0v) is 17.4. The van der Waals surface area contributed by atoms with Gasteiger partial charge in [0.1, 0.15) is 5.82 Å². The Kier molecular flexibility index (Phi) is 5.83. The lowest BCUT2D eigenvalue weighted by Gasteiger charge is -2.13. The van der Waals surface area contributed by atoms with Gasteiger partial charge in [0.15, 0.2) is 0 Å². The highest BCUT2D eigenvalue weighted by atomic mass is 35.5. The summed E-state index contributed by atoms with van der Waals surface area (Å²) >= 11 is 5.88. The third-order valence-corrected chi connectivity index (χ3v) is 7.09. The molecule has 0 amide bonds. The Morgan fingerprint density at radius 3 is 2.07 bits per heavy atom. The van der Waals surface area contributed by atoms with Crippen LogP contribution in [0.15, 0.2) is 76.5 Å². The van der Waals surface area contributed by atoms with Gasteiger partial charge < -0.3 is 0 Å². The van der Waals surface area contributed by atoms with Crippen molar-refractivity contribution in [3.05, 3.63) is 83.1 Å². The number of hydrogen-bond acceptors (Lipinski definition) is 4. The molecule has 0 saturated carbocycles. The molecule has 6 nitrogen and oxygen atoms in total. The van der Waals surface area contributed by atoms with Gasteiger partial charge in [0.25, 0.3) is 20.0 Å². The SMILES string of the molecule is Cc1ccc(NS(=O)(=O)c2ccc(F)cc2)cc1S(=O)(=O)Nc1cccc(Cl)c1. The molecule has 3 rings (SSSR count). The Hall–Kier alpha value is -2.62. The van der Waals surface area contributed by atoms with Crippen LogP contribution < -0.4 is 9.44 Å². The molecule has 0 saturated heterocycles. The van der Waals surface area contributed by atoms with Gasteiger partial charge in [0.05, 0.1) is 21.2 Å². The number of hydrogen-bond donors (Lipinski definition) is 2. The third kappa shape index (κ3) is 5.06. The monoisotopic (exact) mass is 454 g/mol. The van der Waals surface area contributed by atoms with E-state index in [0.717, 1.165) is 24.3 Å². The molecule has 0 aliphatic heterocycles. The Morgan fingerprint density at radius 2 is 1.41 bits per heavy atom. The van der Waals surface area contributed by atoms with Gasteiger partial charge in [-0.05, 0) is 67.1 Å². The van der Waals surface area contributed by atoms with Crippen LogP contribution in [0.2, 0.25) is 5.02 Å². The molecule has 0 radical (unpaired) electrons. The average molecular weight is 455 g/mol. The summed E-state index contributed by atoms with van der Waals surface area (Å²) in [5.74, 6) is -0.570. The average Bonchev–Trinajstić information content (AvgIpc) is 2.63. The van der Waals surface area contributed by atoms with Crippen LogP contribution >= 0.6 is 11.6 Å². The first-order chi connectivity index (χ1) is 13.6. The largest absolute Gasteiger partial charge is 0.280 e. The summed E-state index contributed by atoms with van der Waals surface area (Å²) in [5.41, 5.74) is 0.741. The Bertz CT molecular complexity index is 1260. The van der Waals surface area contributed by atoms with Crippen molar-refractivity contribution in [2.45, 2.75) is 16.7 Å². The van der Waals surface area contributed by atoms with Gasteiger partial charge in [0.2, 0.25) is 0 Å². The van der Waals surface area contributed by atoms with E-state index in [1.54, 1.807) is 25.1 Å². The highest BCUT2D eigenvalue weighted by Gasteiger charge is 2.20. The molecule has 0 aromatic heterocycles. The van der Waals surface area contributed by atoms with Crippen LogP contribution in [-0.4, -0.2) is 16.8 Å². The lowest BCUT2D eigenvalue weighted by Crippen LogP contribution is -2.16. The quantitative estimate of drug-likeness (QED) is 0.577. The number of benzene rings is 3. The lowest BCUT2D eigenvalue weighted by atomic mass is 10.2. The van der Waals surface area contributed by atoms with Gasteiger partial charge in [-0.25, -0.2) is 21.2 Å². The number of anilines is 2. The minimum atomic E-state index is -4.02. The summed E-state index contributed by atoms with van der Waals surface area (Å²) in [6.45, 7) is 1.59. The molecule has 0 aliphatic rings. The molecule has 3 aromatic rings. The van der Waals surface area contributed by atoms with Crippen molar-refractivity contribution >= 4 is 43.0 Å². The first kappa shape index (κ1) is 21.1. The van der Waals surface area contributed by atoms with Crippen LogP contribution in [-0.2, 0) is 20.0 Å². The van der Waals surface area contributed by atoms with Gasteiger partial charge in [-0.15, -0.1) is 0 Å². The maximum absolute atomic E-state index is 13.0. The molecule has 152 valence electrons. The molecule has 0 unspecified atom stereocenters. The number of sulfonamides is 2. The van der Waals surface area contributed by atoms with Crippen LogP contribution in [0.25, 0.3) is 0 Å². The van der Waals surface area contributed by atoms with E-state index >= 15 is 0 Å². The second-order valence-corrected chi connectivity index (χ2v) is 9.93. The van der Waals surface area contributed by atoms with Crippen molar-refractivity contribution in [3.8, 4) is 0 Å². The zero-order valence-electron chi connectivity index (χ0n) is 15.1. The summed E-state index contributed by atoms with van der Waals surface area (Å²) in [7, 11) is -8.02. The van der Waals surface area contributed by atoms with Gasteiger partial charge in [-0.2, -0.15) is 0 Å². The van der Waals surface area contributed by atoms with Crippen molar-refractivity contribution in [1.29, 1.82) is 0 Å². The highest BCUT2D eigenvalue weighted by Crippen LogP contribution is 2.25. The molecule has 2 N–H and O–H groups in total. The minimum absolute atomic E-state index is 0.0476. The molecular formula is C19H16ClFN2O4S2. The molecule has 0 spiro atoms. The molecule has 0 bridgehead atoms. The van der Waals surface area contributed by atoms with E-state index in [0.29, 0.717) is 10.6 Å². The van der Waals surface area contributed by atoms with E-state index in [9.17, 15) is 21.2 Å². The molecule has 0 fully saturated rings. The fourth-order valence-electron chi connectivity index (χ4n) is 2.54. The molecule has 0 heterocycles. The van der Waals surface area contributed by atoms with Gasteiger partial charge in [-0.1, -0.05) is 23.7 Å². The van der Waals surface area contributed by atoms with Crippen LogP contribution in [0.5, 0.6) is 0 Å². The van der Waals surface area contributed by atoms with E-state index in [1.807, 2.05) is 0 Å². The zero-order chi connectivity index (χ0) is 21.2. The van der Waals surface area contributed by atoms with Crippen molar-refractivity contribution in [3.63, 3.8) is 0 Å². The van der Waals surface area contributed by atoms with Crippen molar-refractivity contribution in [2.75, 3.05) is 9.44 Å². The van der Waals surface area contributed by atoms with E-state index in [2.05, 4.69) is 9.44 Å². The van der Waals surface area contributed by atoms with Crippen LogP contribution in [0.3, 0.4) is 0 Å². The Morgan fingerprint density at radius 1 is 0.793 bits per heavy atom. The molecule has 29 heavy (non-hydrogen) atoms. The van der Waals surface area contributed by atoms with E-state index in [-0.39, 0.29) is 21.2 Å². The maximum atomic E-state index is 13.0. The van der Waals surface area contributed by atoms with Crippen molar-refractivity contribution in [1.82, 2.24) is 0 Å². The van der Waals surface area contributed by atoms with Crippen LogP contribution in [0, 0.1) is 12.7 Å². The van der Waals surface area contributed by atoms with Crippen LogP contribution in [0.4, 0.5) is 15.8 Å². The first-order valence-corrected chi connectivity index (χ1v) is 11.6. The number of rotatable bonds is 6. The maximum Gasteiger partial charge on any atom is 0.262 e.